The van der Waals surface area contributed by atoms with E-state index >= 15 is 0 Å². The summed E-state index contributed by atoms with van der Waals surface area (Å²) in [4.78, 5) is 13.3. The first-order valence-electron chi connectivity index (χ1n) is 9.94. The molecule has 1 N–H and O–H groups in total. The third kappa shape index (κ3) is 4.48. The van der Waals surface area contributed by atoms with Gasteiger partial charge in [-0.15, -0.1) is 13.2 Å². The molecule has 0 saturated heterocycles. The highest BCUT2D eigenvalue weighted by Gasteiger charge is 2.52. The standard InChI is InChI=1S/C22H10F9NO5S/c23-14-7-6-13-18(17(14)25)32-19(33)20(13,10-1-4-12(5-2-10)36-21(26,27)28)11-3-8-16(15(24)9-11)37-38(34,35)22(29,30)31/h1-9H,(H,32,33). The molecule has 1 amide bonds. The molecule has 0 saturated carbocycles. The van der Waals surface area contributed by atoms with E-state index in [0.29, 0.717) is 18.2 Å². The van der Waals surface area contributed by atoms with E-state index in [1.54, 1.807) is 0 Å². The molecule has 3 aromatic carbocycles. The summed E-state index contributed by atoms with van der Waals surface area (Å²) in [5, 5.41) is 2.08. The minimum atomic E-state index is -6.28. The first kappa shape index (κ1) is 27.1. The predicted octanol–water partition coefficient (Wildman–Crippen LogP) is 5.52. The molecule has 0 fully saturated rings. The van der Waals surface area contributed by atoms with Crippen LogP contribution in [0.1, 0.15) is 16.7 Å². The van der Waals surface area contributed by atoms with E-state index in [1.807, 2.05) is 0 Å². The number of amides is 1. The molecule has 1 heterocycles. The third-order valence-electron chi connectivity index (χ3n) is 5.45. The van der Waals surface area contributed by atoms with E-state index in [-0.39, 0.29) is 11.1 Å². The smallest absolute Gasteiger partial charge is 0.406 e. The van der Waals surface area contributed by atoms with Gasteiger partial charge in [0.15, 0.2) is 23.2 Å². The van der Waals surface area contributed by atoms with E-state index in [1.165, 1.54) is 0 Å². The Balaban J connectivity index is 1.91. The number of ether oxygens (including phenoxy) is 1. The summed E-state index contributed by atoms with van der Waals surface area (Å²) in [6.07, 6.45) is -5.08. The highest BCUT2D eigenvalue weighted by Crippen LogP contribution is 2.49. The van der Waals surface area contributed by atoms with Gasteiger partial charge in [-0.2, -0.15) is 21.6 Å². The van der Waals surface area contributed by atoms with Crippen molar-refractivity contribution in [2.75, 3.05) is 5.32 Å². The fraction of sp³-hybridized carbons (Fsp3) is 0.136. The minimum absolute atomic E-state index is 0.217. The molecule has 1 atom stereocenters. The number of anilines is 1. The molecule has 4 rings (SSSR count). The molecule has 0 spiro atoms. The second-order valence-corrected chi connectivity index (χ2v) is 9.23. The Bertz CT molecular complexity index is 1540. The van der Waals surface area contributed by atoms with Crippen molar-refractivity contribution < 1.29 is 61.6 Å². The highest BCUT2D eigenvalue weighted by molar-refractivity contribution is 7.88. The zero-order chi connectivity index (χ0) is 28.3. The summed E-state index contributed by atoms with van der Waals surface area (Å²) in [6.45, 7) is 0. The quantitative estimate of drug-likeness (QED) is 0.248. The number of alkyl halides is 6. The largest absolute Gasteiger partial charge is 0.573 e. The Kier molecular flexibility index (Phi) is 6.29. The van der Waals surface area contributed by atoms with Crippen molar-refractivity contribution in [1.29, 1.82) is 0 Å². The van der Waals surface area contributed by atoms with Crippen LogP contribution in [-0.4, -0.2) is 26.2 Å². The predicted molar refractivity (Wildman–Crippen MR) is 110 cm³/mol. The Labute approximate surface area is 206 Å². The van der Waals surface area contributed by atoms with Gasteiger partial charge in [-0.1, -0.05) is 24.3 Å². The van der Waals surface area contributed by atoms with Crippen LogP contribution in [0.2, 0.25) is 0 Å². The van der Waals surface area contributed by atoms with Crippen LogP contribution < -0.4 is 14.2 Å². The van der Waals surface area contributed by atoms with E-state index in [4.69, 9.17) is 0 Å². The normalized spacial score (nSPS) is 17.7. The lowest BCUT2D eigenvalue weighted by atomic mass is 9.70. The summed E-state index contributed by atoms with van der Waals surface area (Å²) in [5.74, 6) is -7.88. The van der Waals surface area contributed by atoms with Crippen molar-refractivity contribution in [1.82, 2.24) is 0 Å². The Morgan fingerprint density at radius 2 is 1.39 bits per heavy atom. The first-order chi connectivity index (χ1) is 17.5. The fourth-order valence-corrected chi connectivity index (χ4v) is 4.39. The van der Waals surface area contributed by atoms with Crippen LogP contribution in [0.4, 0.5) is 45.2 Å². The number of carbonyl (C=O) groups excluding carboxylic acids is 1. The monoisotopic (exact) mass is 571 g/mol. The van der Waals surface area contributed by atoms with Crippen LogP contribution in [0, 0.1) is 17.5 Å². The maximum absolute atomic E-state index is 14.8. The molecule has 0 bridgehead atoms. The van der Waals surface area contributed by atoms with E-state index < -0.39 is 73.5 Å². The van der Waals surface area contributed by atoms with Crippen molar-refractivity contribution in [2.24, 2.45) is 0 Å². The van der Waals surface area contributed by atoms with Crippen molar-refractivity contribution in [3.05, 3.63) is 88.7 Å². The van der Waals surface area contributed by atoms with Gasteiger partial charge >= 0.3 is 22.0 Å². The maximum atomic E-state index is 14.8. The molecule has 0 aromatic heterocycles. The number of hydrogen-bond acceptors (Lipinski definition) is 5. The summed E-state index contributed by atoms with van der Waals surface area (Å²) in [5.41, 5.74) is -9.87. The van der Waals surface area contributed by atoms with Crippen LogP contribution in [0.25, 0.3) is 0 Å². The lowest BCUT2D eigenvalue weighted by Gasteiger charge is -2.29. The lowest BCUT2D eigenvalue weighted by Crippen LogP contribution is -2.37. The van der Waals surface area contributed by atoms with Gasteiger partial charge < -0.3 is 14.2 Å². The number of fused-ring (bicyclic) bond motifs is 1. The summed E-state index contributed by atoms with van der Waals surface area (Å²) in [7, 11) is -6.28. The average Bonchev–Trinajstić information content (AvgIpc) is 3.09. The van der Waals surface area contributed by atoms with E-state index in [2.05, 4.69) is 14.2 Å². The third-order valence-corrected chi connectivity index (χ3v) is 6.41. The van der Waals surface area contributed by atoms with Gasteiger partial charge in [0.05, 0.1) is 5.69 Å². The minimum Gasteiger partial charge on any atom is -0.406 e. The van der Waals surface area contributed by atoms with Crippen molar-refractivity contribution >= 4 is 21.7 Å². The van der Waals surface area contributed by atoms with Crippen molar-refractivity contribution in [3.8, 4) is 11.5 Å². The molecular weight excluding hydrogens is 561 g/mol. The molecule has 1 aliphatic rings. The van der Waals surface area contributed by atoms with Crippen LogP contribution in [0.3, 0.4) is 0 Å². The lowest BCUT2D eigenvalue weighted by molar-refractivity contribution is -0.274. The van der Waals surface area contributed by atoms with Crippen LogP contribution in [0.5, 0.6) is 11.5 Å². The molecular formula is C22H10F9NO5S. The Hall–Kier alpha value is -3.95. The zero-order valence-corrected chi connectivity index (χ0v) is 18.9. The maximum Gasteiger partial charge on any atom is 0.573 e. The second kappa shape index (κ2) is 8.82. The van der Waals surface area contributed by atoms with Gasteiger partial charge in [0.1, 0.15) is 11.2 Å². The number of halogens is 9. The topological polar surface area (TPSA) is 81.7 Å². The van der Waals surface area contributed by atoms with Gasteiger partial charge in [-0.25, -0.2) is 13.2 Å². The molecule has 38 heavy (non-hydrogen) atoms. The highest BCUT2D eigenvalue weighted by atomic mass is 32.2. The molecule has 6 nitrogen and oxygen atoms in total. The zero-order valence-electron chi connectivity index (χ0n) is 18.0. The van der Waals surface area contributed by atoms with Gasteiger partial charge in [0, 0.05) is 5.56 Å². The summed E-state index contributed by atoms with van der Waals surface area (Å²) in [6, 6.07) is 6.62. The Morgan fingerprint density at radius 1 is 0.789 bits per heavy atom. The SMILES string of the molecule is O=C1Nc2c(ccc(F)c2F)C1(c1ccc(OC(F)(F)F)cc1)c1ccc(OS(=O)(=O)C(F)(F)F)c(F)c1. The number of rotatable bonds is 5. The molecule has 0 aliphatic carbocycles. The van der Waals surface area contributed by atoms with Crippen LogP contribution >= 0.6 is 0 Å². The van der Waals surface area contributed by atoms with Crippen molar-refractivity contribution in [2.45, 2.75) is 17.3 Å². The van der Waals surface area contributed by atoms with E-state index in [0.717, 1.165) is 36.4 Å². The van der Waals surface area contributed by atoms with Crippen LogP contribution in [-0.2, 0) is 20.3 Å². The van der Waals surface area contributed by atoms with Gasteiger partial charge in [-0.05, 0) is 41.5 Å². The number of hydrogen-bond donors (Lipinski definition) is 1. The second-order valence-electron chi connectivity index (χ2n) is 7.69. The summed E-state index contributed by atoms with van der Waals surface area (Å²) < 4.78 is 149. The Morgan fingerprint density at radius 3 is 1.95 bits per heavy atom. The van der Waals surface area contributed by atoms with Crippen LogP contribution in [0.15, 0.2) is 54.6 Å². The van der Waals surface area contributed by atoms with Gasteiger partial charge in [0.2, 0.25) is 5.91 Å². The molecule has 1 aliphatic heterocycles. The summed E-state index contributed by atoms with van der Waals surface area (Å²) >= 11 is 0. The van der Waals surface area contributed by atoms with Gasteiger partial charge in [-0.3, -0.25) is 4.79 Å². The molecule has 3 aromatic rings. The average molecular weight is 571 g/mol. The fourth-order valence-electron chi connectivity index (χ4n) is 3.93. The molecule has 0 radical (unpaired) electrons. The van der Waals surface area contributed by atoms with Crippen molar-refractivity contribution in [3.63, 3.8) is 0 Å². The molecule has 1 unspecified atom stereocenters. The number of nitrogens with one attached hydrogen (secondary N) is 1. The number of carbonyl (C=O) groups is 1. The first-order valence-corrected chi connectivity index (χ1v) is 11.3. The molecule has 202 valence electrons. The van der Waals surface area contributed by atoms with Gasteiger partial charge in [0.25, 0.3) is 0 Å². The van der Waals surface area contributed by atoms with E-state index in [9.17, 15) is 52.7 Å². The molecule has 16 heteroatoms. The number of benzene rings is 3.